The first-order valence-electron chi connectivity index (χ1n) is 14.1. The molecule has 1 saturated carbocycles. The molecule has 4 unspecified atom stereocenters. The van der Waals surface area contributed by atoms with E-state index in [1.54, 1.807) is 0 Å². The summed E-state index contributed by atoms with van der Waals surface area (Å²) in [6.45, 7) is 18.5. The number of benzene rings is 3. The van der Waals surface area contributed by atoms with Crippen molar-refractivity contribution in [1.82, 2.24) is 9.55 Å². The zero-order valence-electron chi connectivity index (χ0n) is 23.9. The molecular weight excluding hydrogens is 474 g/mol. The summed E-state index contributed by atoms with van der Waals surface area (Å²) in [4.78, 5) is 4.90. The number of para-hydroxylation sites is 2. The van der Waals surface area contributed by atoms with Crippen molar-refractivity contribution in [1.29, 1.82) is 0 Å². The van der Waals surface area contributed by atoms with Crippen LogP contribution in [-0.4, -0.2) is 9.55 Å². The molecule has 38 heavy (non-hydrogen) atoms. The molecule has 1 aliphatic rings. The van der Waals surface area contributed by atoms with Crippen LogP contribution >= 0.6 is 0 Å². The van der Waals surface area contributed by atoms with E-state index in [-0.39, 0.29) is 11.8 Å². The molecule has 1 heterocycles. The normalized spacial score (nSPS) is 23.7. The summed E-state index contributed by atoms with van der Waals surface area (Å²) in [6.07, 6.45) is 0. The van der Waals surface area contributed by atoms with Gasteiger partial charge in [-0.1, -0.05) is 79.7 Å². The third-order valence-corrected chi connectivity index (χ3v) is 9.40. The highest BCUT2D eigenvalue weighted by Gasteiger charge is 2.42. The van der Waals surface area contributed by atoms with E-state index in [0.29, 0.717) is 41.0 Å². The highest BCUT2D eigenvalue weighted by molar-refractivity contribution is 5.84. The van der Waals surface area contributed by atoms with Gasteiger partial charge in [0, 0.05) is 6.07 Å². The van der Waals surface area contributed by atoms with Gasteiger partial charge in [-0.25, -0.2) is 13.8 Å². The lowest BCUT2D eigenvalue weighted by molar-refractivity contribution is 0.352. The molecule has 0 saturated heterocycles. The number of hydrogen-bond donors (Lipinski definition) is 0. The summed E-state index contributed by atoms with van der Waals surface area (Å²) < 4.78 is 31.2. The number of halogens is 2. The summed E-state index contributed by atoms with van der Waals surface area (Å²) in [7, 11) is 0. The van der Waals surface area contributed by atoms with E-state index in [4.69, 9.17) is 4.98 Å². The van der Waals surface area contributed by atoms with Gasteiger partial charge in [-0.15, -0.1) is 0 Å². The predicted octanol–water partition coefficient (Wildman–Crippen LogP) is 9.86. The van der Waals surface area contributed by atoms with Crippen LogP contribution in [0.2, 0.25) is 0 Å². The first-order chi connectivity index (χ1) is 18.0. The van der Waals surface area contributed by atoms with Crippen LogP contribution in [0.5, 0.6) is 0 Å². The van der Waals surface area contributed by atoms with Gasteiger partial charge in [-0.2, -0.15) is 0 Å². The van der Waals surface area contributed by atoms with Crippen molar-refractivity contribution >= 4 is 11.0 Å². The Bertz CT molecular complexity index is 1440. The number of hydrogen-bond acceptors (Lipinski definition) is 1. The molecule has 4 heteroatoms. The van der Waals surface area contributed by atoms with Crippen molar-refractivity contribution in [2.24, 2.45) is 23.7 Å². The third kappa shape index (κ3) is 4.26. The molecule has 0 aliphatic heterocycles. The van der Waals surface area contributed by atoms with Gasteiger partial charge in [-0.3, -0.25) is 4.57 Å². The molecule has 200 valence electrons. The Morgan fingerprint density at radius 1 is 0.737 bits per heavy atom. The van der Waals surface area contributed by atoms with Crippen LogP contribution in [-0.2, 0) is 0 Å². The topological polar surface area (TPSA) is 17.8 Å². The van der Waals surface area contributed by atoms with Gasteiger partial charge < -0.3 is 0 Å². The minimum absolute atomic E-state index is 0.247. The van der Waals surface area contributed by atoms with E-state index < -0.39 is 11.6 Å². The van der Waals surface area contributed by atoms with E-state index in [0.717, 1.165) is 22.8 Å². The zero-order chi connectivity index (χ0) is 27.5. The van der Waals surface area contributed by atoms with Crippen LogP contribution in [0.15, 0.2) is 54.6 Å². The van der Waals surface area contributed by atoms with Gasteiger partial charge in [0.2, 0.25) is 0 Å². The third-order valence-electron chi connectivity index (χ3n) is 9.40. The molecule has 2 nitrogen and oxygen atoms in total. The number of fused-ring (bicyclic) bond motifs is 1. The lowest BCUT2D eigenvalue weighted by Gasteiger charge is -2.28. The first-order valence-corrected chi connectivity index (χ1v) is 14.1. The Labute approximate surface area is 226 Å². The fraction of sp³-hybridized carbons (Fsp3) is 0.441. The van der Waals surface area contributed by atoms with Crippen LogP contribution in [0.25, 0.3) is 28.1 Å². The van der Waals surface area contributed by atoms with Crippen LogP contribution in [0.3, 0.4) is 0 Å². The van der Waals surface area contributed by atoms with Gasteiger partial charge in [0.1, 0.15) is 17.5 Å². The predicted molar refractivity (Wildman–Crippen MR) is 154 cm³/mol. The minimum atomic E-state index is -0.605. The molecule has 0 radical (unpaired) electrons. The average Bonchev–Trinajstić information content (AvgIpc) is 3.33. The Morgan fingerprint density at radius 3 is 1.87 bits per heavy atom. The smallest absolute Gasteiger partial charge is 0.148 e. The van der Waals surface area contributed by atoms with E-state index >= 15 is 4.39 Å². The Balaban J connectivity index is 1.84. The van der Waals surface area contributed by atoms with Gasteiger partial charge >= 0.3 is 0 Å². The largest absolute Gasteiger partial charge is 0.292 e. The molecule has 5 rings (SSSR count). The van der Waals surface area contributed by atoms with Gasteiger partial charge in [0.25, 0.3) is 0 Å². The minimum Gasteiger partial charge on any atom is -0.292 e. The first kappa shape index (κ1) is 26.6. The van der Waals surface area contributed by atoms with E-state index in [9.17, 15) is 4.39 Å². The highest BCUT2D eigenvalue weighted by atomic mass is 19.1. The van der Waals surface area contributed by atoms with Crippen molar-refractivity contribution in [3.05, 3.63) is 82.9 Å². The Hall–Kier alpha value is -3.01. The average molecular weight is 515 g/mol. The van der Waals surface area contributed by atoms with E-state index in [2.05, 4.69) is 72.1 Å². The molecule has 0 spiro atoms. The molecule has 3 aromatic carbocycles. The van der Waals surface area contributed by atoms with Gasteiger partial charge in [-0.05, 0) is 82.4 Å². The Morgan fingerprint density at radius 2 is 1.32 bits per heavy atom. The van der Waals surface area contributed by atoms with Crippen molar-refractivity contribution < 1.29 is 8.78 Å². The van der Waals surface area contributed by atoms with E-state index in [1.807, 2.05) is 24.3 Å². The van der Waals surface area contributed by atoms with Gasteiger partial charge in [0.15, 0.2) is 0 Å². The number of aromatic nitrogens is 2. The molecule has 0 amide bonds. The highest BCUT2D eigenvalue weighted by Crippen LogP contribution is 2.52. The SMILES string of the molecule is CC(C)c1cc(C2C(C)C(C)C(C)C2C)cc(C(C)C)c1-n1c(-c2ccc(F)cc2F)nc2ccccc21. The summed E-state index contributed by atoms with van der Waals surface area (Å²) in [6, 6.07) is 16.5. The second kappa shape index (κ2) is 9.94. The molecule has 0 bridgehead atoms. The molecule has 1 fully saturated rings. The van der Waals surface area contributed by atoms with Crippen molar-refractivity contribution in [3.8, 4) is 17.1 Å². The number of nitrogens with zero attached hydrogens (tertiary/aromatic N) is 2. The lowest BCUT2D eigenvalue weighted by Crippen LogP contribution is -2.15. The molecule has 1 aromatic heterocycles. The summed E-state index contributed by atoms with van der Waals surface area (Å²) >= 11 is 0. The van der Waals surface area contributed by atoms with Crippen molar-refractivity contribution in [2.75, 3.05) is 0 Å². The molecule has 1 aliphatic carbocycles. The Kier molecular flexibility index (Phi) is 6.96. The number of rotatable bonds is 5. The second-order valence-electron chi connectivity index (χ2n) is 12.2. The van der Waals surface area contributed by atoms with Crippen molar-refractivity contribution in [2.45, 2.75) is 73.1 Å². The quantitative estimate of drug-likeness (QED) is 0.259. The van der Waals surface area contributed by atoms with E-state index in [1.165, 1.54) is 28.8 Å². The fourth-order valence-corrected chi connectivity index (χ4v) is 6.84. The molecular formula is C34H40F2N2. The summed E-state index contributed by atoms with van der Waals surface area (Å²) in [5.74, 6) is 2.85. The van der Waals surface area contributed by atoms with Crippen LogP contribution < -0.4 is 0 Å². The zero-order valence-corrected chi connectivity index (χ0v) is 23.9. The van der Waals surface area contributed by atoms with Crippen LogP contribution in [0.1, 0.15) is 89.8 Å². The van der Waals surface area contributed by atoms with Crippen LogP contribution in [0, 0.1) is 35.3 Å². The monoisotopic (exact) mass is 514 g/mol. The second-order valence-corrected chi connectivity index (χ2v) is 12.2. The summed E-state index contributed by atoms with van der Waals surface area (Å²) in [5, 5.41) is 0. The lowest BCUT2D eigenvalue weighted by atomic mass is 9.79. The van der Waals surface area contributed by atoms with Crippen LogP contribution in [0.4, 0.5) is 8.78 Å². The maximum absolute atomic E-state index is 15.2. The maximum Gasteiger partial charge on any atom is 0.148 e. The molecule has 0 N–H and O–H groups in total. The standard InChI is InChI=1S/C34H40F2N2/c1-18(2)27-15-24(32-22(7)20(5)21(6)23(32)8)16-28(19(3)4)33(27)38-31-12-10-9-11-30(31)37-34(38)26-14-13-25(35)17-29(26)36/h9-23,32H,1-8H3. The van der Waals surface area contributed by atoms with Crippen molar-refractivity contribution in [3.63, 3.8) is 0 Å². The molecule has 4 atom stereocenters. The maximum atomic E-state index is 15.2. The summed E-state index contributed by atoms with van der Waals surface area (Å²) in [5.41, 5.74) is 6.99. The number of imidazole rings is 1. The van der Waals surface area contributed by atoms with Gasteiger partial charge in [0.05, 0.1) is 22.3 Å². The molecule has 4 aromatic rings. The fourth-order valence-electron chi connectivity index (χ4n) is 6.84.